The molecule has 1 aromatic carbocycles. The maximum Gasteiger partial charge on any atom is 0.387 e. The lowest BCUT2D eigenvalue weighted by Gasteiger charge is -2.26. The SMILES string of the molecule is C[C@H]1[C@H](c2ccc(F)c(F)c2OC(F)F)[C@@H](C(=O)Nc2cc[n+](O)c(C(N)=O)c2)OC1(C)C. The van der Waals surface area contributed by atoms with Gasteiger partial charge >= 0.3 is 18.2 Å². The molecule has 0 spiro atoms. The van der Waals surface area contributed by atoms with Gasteiger partial charge in [0.25, 0.3) is 5.91 Å². The summed E-state index contributed by atoms with van der Waals surface area (Å²) in [6.07, 6.45) is -0.252. The van der Waals surface area contributed by atoms with E-state index in [0.717, 1.165) is 24.4 Å². The Bertz CT molecular complexity index is 1100. The molecule has 4 N–H and O–H groups in total. The van der Waals surface area contributed by atoms with Gasteiger partial charge in [0.2, 0.25) is 12.0 Å². The van der Waals surface area contributed by atoms with Crippen LogP contribution in [0.1, 0.15) is 42.7 Å². The summed E-state index contributed by atoms with van der Waals surface area (Å²) in [7, 11) is 0. The molecule has 0 radical (unpaired) electrons. The van der Waals surface area contributed by atoms with Crippen molar-refractivity contribution in [2.24, 2.45) is 11.7 Å². The van der Waals surface area contributed by atoms with E-state index in [9.17, 15) is 32.4 Å². The van der Waals surface area contributed by atoms with Crippen LogP contribution in [0.3, 0.4) is 0 Å². The number of pyridine rings is 1. The maximum atomic E-state index is 14.4. The van der Waals surface area contributed by atoms with Crippen molar-refractivity contribution in [2.75, 3.05) is 5.32 Å². The Hall–Kier alpha value is -3.41. The van der Waals surface area contributed by atoms with E-state index in [4.69, 9.17) is 10.5 Å². The lowest BCUT2D eigenvalue weighted by atomic mass is 9.78. The van der Waals surface area contributed by atoms with Gasteiger partial charge in [-0.25, -0.2) is 4.39 Å². The molecule has 178 valence electrons. The number of carbonyl (C=O) groups is 2. The van der Waals surface area contributed by atoms with Gasteiger partial charge in [-0.15, -0.1) is 0 Å². The van der Waals surface area contributed by atoms with Crippen molar-refractivity contribution in [1.29, 1.82) is 0 Å². The number of nitrogens with two attached hydrogens (primary N) is 1. The molecule has 2 aromatic rings. The number of nitrogens with zero attached hydrogens (tertiary/aromatic N) is 1. The summed E-state index contributed by atoms with van der Waals surface area (Å²) in [5.41, 5.74) is 3.81. The number of benzene rings is 1. The molecule has 1 aromatic heterocycles. The van der Waals surface area contributed by atoms with Crippen LogP contribution < -0.4 is 20.5 Å². The number of rotatable bonds is 6. The monoisotopic (exact) mass is 472 g/mol. The number of ether oxygens (including phenoxy) is 2. The molecule has 3 atom stereocenters. The van der Waals surface area contributed by atoms with Crippen molar-refractivity contribution >= 4 is 17.5 Å². The first-order chi connectivity index (χ1) is 15.3. The quantitative estimate of drug-likeness (QED) is 0.340. The van der Waals surface area contributed by atoms with Gasteiger partial charge in [0, 0.05) is 28.3 Å². The van der Waals surface area contributed by atoms with Gasteiger partial charge in [-0.1, -0.05) is 13.0 Å². The molecule has 1 aliphatic rings. The Morgan fingerprint density at radius 2 is 1.94 bits per heavy atom. The summed E-state index contributed by atoms with van der Waals surface area (Å²) < 4.78 is 64.6. The number of aromatic nitrogens is 1. The topological polar surface area (TPSA) is 115 Å². The highest BCUT2D eigenvalue weighted by Crippen LogP contribution is 2.49. The fourth-order valence-corrected chi connectivity index (χ4v) is 3.84. The normalized spacial score (nSPS) is 21.8. The first-order valence-corrected chi connectivity index (χ1v) is 9.79. The predicted molar refractivity (Wildman–Crippen MR) is 105 cm³/mol. The number of hydrogen-bond acceptors (Lipinski definition) is 5. The largest absolute Gasteiger partial charge is 0.431 e. The van der Waals surface area contributed by atoms with Crippen molar-refractivity contribution in [2.45, 2.75) is 45.0 Å². The summed E-state index contributed by atoms with van der Waals surface area (Å²) in [4.78, 5) is 24.5. The molecule has 0 unspecified atom stereocenters. The number of carbonyl (C=O) groups excluding carboxylic acids is 2. The highest BCUT2D eigenvalue weighted by molar-refractivity contribution is 5.97. The average molecular weight is 472 g/mol. The van der Waals surface area contributed by atoms with Crippen molar-refractivity contribution < 1.29 is 46.6 Å². The number of nitrogens with one attached hydrogen (secondary N) is 1. The zero-order valence-electron chi connectivity index (χ0n) is 17.8. The smallest absolute Gasteiger partial charge is 0.387 e. The summed E-state index contributed by atoms with van der Waals surface area (Å²) >= 11 is 0. The lowest BCUT2D eigenvalue weighted by Crippen LogP contribution is -2.40. The van der Waals surface area contributed by atoms with Gasteiger partial charge in [-0.05, 0) is 25.8 Å². The van der Waals surface area contributed by atoms with E-state index in [0.29, 0.717) is 4.73 Å². The molecular weight excluding hydrogens is 450 g/mol. The molecule has 3 rings (SSSR count). The Morgan fingerprint density at radius 3 is 2.55 bits per heavy atom. The van der Waals surface area contributed by atoms with Gasteiger partial charge in [0.1, 0.15) is 6.10 Å². The van der Waals surface area contributed by atoms with E-state index < -0.39 is 59.4 Å². The Morgan fingerprint density at radius 1 is 1.27 bits per heavy atom. The van der Waals surface area contributed by atoms with Crippen LogP contribution in [0.5, 0.6) is 5.75 Å². The van der Waals surface area contributed by atoms with Crippen LogP contribution in [0.2, 0.25) is 0 Å². The molecule has 1 saturated heterocycles. The lowest BCUT2D eigenvalue weighted by molar-refractivity contribution is -0.905. The fourth-order valence-electron chi connectivity index (χ4n) is 3.84. The van der Waals surface area contributed by atoms with Gasteiger partial charge in [0.05, 0.1) is 11.3 Å². The number of hydrogen-bond donors (Lipinski definition) is 3. The third kappa shape index (κ3) is 4.70. The number of amides is 2. The molecule has 0 bridgehead atoms. The van der Waals surface area contributed by atoms with Gasteiger partial charge in [-0.3, -0.25) is 14.8 Å². The Labute approximate surface area is 185 Å². The van der Waals surface area contributed by atoms with Crippen LogP contribution in [-0.2, 0) is 9.53 Å². The summed E-state index contributed by atoms with van der Waals surface area (Å²) in [6.45, 7) is 1.56. The number of alkyl halides is 2. The van der Waals surface area contributed by atoms with E-state index in [1.54, 1.807) is 20.8 Å². The van der Waals surface area contributed by atoms with E-state index in [1.165, 1.54) is 6.07 Å². The van der Waals surface area contributed by atoms with Crippen LogP contribution >= 0.6 is 0 Å². The van der Waals surface area contributed by atoms with Crippen molar-refractivity contribution in [3.05, 3.63) is 53.4 Å². The molecule has 33 heavy (non-hydrogen) atoms. The number of anilines is 1. The fraction of sp³-hybridized carbons (Fsp3) is 0.381. The van der Waals surface area contributed by atoms with E-state index in [-0.39, 0.29) is 16.9 Å². The number of halogens is 4. The number of primary amides is 1. The van der Waals surface area contributed by atoms with Crippen molar-refractivity contribution in [3.8, 4) is 5.75 Å². The Balaban J connectivity index is 2.02. The van der Waals surface area contributed by atoms with E-state index in [1.807, 2.05) is 0 Å². The maximum absolute atomic E-state index is 14.4. The predicted octanol–water partition coefficient (Wildman–Crippen LogP) is 2.73. The highest BCUT2D eigenvalue weighted by atomic mass is 19.3. The van der Waals surface area contributed by atoms with Gasteiger partial charge < -0.3 is 20.5 Å². The average Bonchev–Trinajstić information content (AvgIpc) is 2.96. The van der Waals surface area contributed by atoms with E-state index >= 15 is 0 Å². The third-order valence-electron chi connectivity index (χ3n) is 5.75. The zero-order valence-corrected chi connectivity index (χ0v) is 17.8. The molecule has 1 fully saturated rings. The minimum absolute atomic E-state index is 0.0770. The Kier molecular flexibility index (Phi) is 6.50. The van der Waals surface area contributed by atoms with Gasteiger partial charge in [-0.2, -0.15) is 13.2 Å². The molecule has 0 saturated carbocycles. The van der Waals surface area contributed by atoms with Crippen LogP contribution in [-0.4, -0.2) is 35.3 Å². The third-order valence-corrected chi connectivity index (χ3v) is 5.75. The molecule has 2 heterocycles. The van der Waals surface area contributed by atoms with Gasteiger partial charge in [0.15, 0.2) is 11.6 Å². The molecule has 12 heteroatoms. The molecular formula is C21H22F4N3O5+. The molecule has 0 aliphatic carbocycles. The van der Waals surface area contributed by atoms with Crippen LogP contribution in [0, 0.1) is 17.6 Å². The van der Waals surface area contributed by atoms with Crippen LogP contribution in [0.4, 0.5) is 23.2 Å². The van der Waals surface area contributed by atoms with Crippen LogP contribution in [0.15, 0.2) is 30.5 Å². The van der Waals surface area contributed by atoms with Crippen molar-refractivity contribution in [3.63, 3.8) is 0 Å². The first kappa shape index (κ1) is 24.2. The summed E-state index contributed by atoms with van der Waals surface area (Å²) in [6, 6.07) is 4.21. The second kappa shape index (κ2) is 8.85. The zero-order chi connectivity index (χ0) is 24.7. The molecule has 2 amide bonds. The van der Waals surface area contributed by atoms with E-state index in [2.05, 4.69) is 10.1 Å². The minimum atomic E-state index is -3.43. The summed E-state index contributed by atoms with van der Waals surface area (Å²) in [5, 5.41) is 12.1. The standard InChI is InChI=1S/C21H21F4N3O5/c1-9-14(11-4-5-12(22)15(23)16(11)32-20(24)25)17(33-21(9,2)3)19(30)27-10-6-7-28(31)13(8-10)18(26)29/h4-9,14,17,20,31H,1-3H3,(H2,26,29)/p+1/t9-,14+,17-/m0/s1. The second-order valence-corrected chi connectivity index (χ2v) is 8.11. The molecule has 8 nitrogen and oxygen atoms in total. The second-order valence-electron chi connectivity index (χ2n) is 8.11. The minimum Gasteiger partial charge on any atom is -0.431 e. The van der Waals surface area contributed by atoms with Crippen molar-refractivity contribution in [1.82, 2.24) is 0 Å². The summed E-state index contributed by atoms with van der Waals surface area (Å²) in [5.74, 6) is -7.23. The highest BCUT2D eigenvalue weighted by Gasteiger charge is 2.52. The van der Waals surface area contributed by atoms with Crippen LogP contribution in [0.25, 0.3) is 0 Å². The first-order valence-electron chi connectivity index (χ1n) is 9.79. The molecule has 1 aliphatic heterocycles.